The molecule has 5 heteroatoms. The molecule has 2 heterocycles. The number of nitrogens with one attached hydrogen (secondary N) is 1. The first-order valence-electron chi connectivity index (χ1n) is 6.00. The average Bonchev–Trinajstić information content (AvgIpc) is 2.29. The maximum absolute atomic E-state index is 11.7. The highest BCUT2D eigenvalue weighted by atomic mass is 16.3. The van der Waals surface area contributed by atoms with Crippen molar-refractivity contribution in [2.24, 2.45) is 0 Å². The second-order valence-corrected chi connectivity index (χ2v) is 4.44. The number of hydrogen-bond donors (Lipinski definition) is 2. The van der Waals surface area contributed by atoms with E-state index in [4.69, 9.17) is 0 Å². The highest BCUT2D eigenvalue weighted by molar-refractivity contribution is 5.21. The van der Waals surface area contributed by atoms with Gasteiger partial charge in [0.25, 0.3) is 5.56 Å². The molecular weight excluding hydrogens is 218 g/mol. The van der Waals surface area contributed by atoms with E-state index in [1.165, 1.54) is 6.07 Å². The van der Waals surface area contributed by atoms with Crippen LogP contribution in [-0.4, -0.2) is 47.3 Å². The Bertz CT molecular complexity index is 436. The predicted octanol–water partition coefficient (Wildman–Crippen LogP) is -0.232. The van der Waals surface area contributed by atoms with Crippen molar-refractivity contribution in [1.29, 1.82) is 0 Å². The lowest BCUT2D eigenvalue weighted by molar-refractivity contribution is 0.231. The minimum Gasteiger partial charge on any atom is -0.508 e. The molecule has 0 aliphatic carbocycles. The van der Waals surface area contributed by atoms with E-state index in [-0.39, 0.29) is 11.3 Å². The van der Waals surface area contributed by atoms with Crippen LogP contribution in [0.15, 0.2) is 16.9 Å². The number of rotatable bonds is 3. The molecule has 0 atom stereocenters. The van der Waals surface area contributed by atoms with Crippen LogP contribution in [0.3, 0.4) is 0 Å². The number of aromatic hydroxyl groups is 1. The molecule has 0 radical (unpaired) electrons. The molecule has 0 spiro atoms. The third-order valence-electron chi connectivity index (χ3n) is 3.17. The zero-order chi connectivity index (χ0) is 12.3. The summed E-state index contributed by atoms with van der Waals surface area (Å²) in [4.78, 5) is 14.0. The first-order valence-corrected chi connectivity index (χ1v) is 6.00. The van der Waals surface area contributed by atoms with Crippen molar-refractivity contribution >= 4 is 0 Å². The highest BCUT2D eigenvalue weighted by Gasteiger charge is 2.10. The SMILES string of the molecule is Cc1cc(O)cc(=O)n1CCN1CCNCC1. The van der Waals surface area contributed by atoms with Gasteiger partial charge in [-0.25, -0.2) is 0 Å². The molecule has 0 bridgehead atoms. The summed E-state index contributed by atoms with van der Waals surface area (Å²) in [5.41, 5.74) is 0.683. The normalized spacial score (nSPS) is 17.2. The lowest BCUT2D eigenvalue weighted by Crippen LogP contribution is -2.45. The fourth-order valence-corrected chi connectivity index (χ4v) is 2.17. The maximum atomic E-state index is 11.7. The number of piperazine rings is 1. The van der Waals surface area contributed by atoms with Gasteiger partial charge in [0.1, 0.15) is 5.75 Å². The molecule has 0 aromatic carbocycles. The maximum Gasteiger partial charge on any atom is 0.254 e. The summed E-state index contributed by atoms with van der Waals surface area (Å²) in [5.74, 6) is 0.0472. The van der Waals surface area contributed by atoms with Crippen LogP contribution in [0.4, 0.5) is 0 Å². The lowest BCUT2D eigenvalue weighted by atomic mass is 10.3. The Kier molecular flexibility index (Phi) is 3.81. The van der Waals surface area contributed by atoms with Crippen LogP contribution < -0.4 is 10.9 Å². The van der Waals surface area contributed by atoms with Crippen LogP contribution in [0, 0.1) is 6.92 Å². The van der Waals surface area contributed by atoms with Crippen LogP contribution in [0.2, 0.25) is 0 Å². The van der Waals surface area contributed by atoms with Crippen molar-refractivity contribution < 1.29 is 5.11 Å². The molecular formula is C12H19N3O2. The Hall–Kier alpha value is -1.33. The fraction of sp³-hybridized carbons (Fsp3) is 0.583. The third kappa shape index (κ3) is 3.08. The molecule has 0 amide bonds. The van der Waals surface area contributed by atoms with Crippen LogP contribution in [0.5, 0.6) is 5.75 Å². The van der Waals surface area contributed by atoms with E-state index in [0.29, 0.717) is 6.54 Å². The second-order valence-electron chi connectivity index (χ2n) is 4.44. The molecule has 94 valence electrons. The van der Waals surface area contributed by atoms with E-state index >= 15 is 0 Å². The topological polar surface area (TPSA) is 57.5 Å². The van der Waals surface area contributed by atoms with Crippen molar-refractivity contribution in [3.8, 4) is 5.75 Å². The van der Waals surface area contributed by atoms with Crippen molar-refractivity contribution in [2.75, 3.05) is 32.7 Å². The molecule has 5 nitrogen and oxygen atoms in total. The fourth-order valence-electron chi connectivity index (χ4n) is 2.17. The Morgan fingerprint density at radius 2 is 2.00 bits per heavy atom. The standard InChI is InChI=1S/C12H19N3O2/c1-10-8-11(16)9-12(17)15(10)7-6-14-4-2-13-3-5-14/h8-9,13,16H,2-7H2,1H3. The summed E-state index contributed by atoms with van der Waals surface area (Å²) in [7, 11) is 0. The van der Waals surface area contributed by atoms with Crippen LogP contribution in [0.1, 0.15) is 5.69 Å². The van der Waals surface area contributed by atoms with Crippen LogP contribution in [0.25, 0.3) is 0 Å². The van der Waals surface area contributed by atoms with Gasteiger partial charge < -0.3 is 15.0 Å². The van der Waals surface area contributed by atoms with Crippen molar-refractivity contribution in [1.82, 2.24) is 14.8 Å². The highest BCUT2D eigenvalue weighted by Crippen LogP contribution is 2.07. The van der Waals surface area contributed by atoms with Crippen LogP contribution in [-0.2, 0) is 6.54 Å². The summed E-state index contributed by atoms with van der Waals surface area (Å²) >= 11 is 0. The van der Waals surface area contributed by atoms with E-state index in [2.05, 4.69) is 10.2 Å². The van der Waals surface area contributed by atoms with Gasteiger partial charge in [-0.3, -0.25) is 9.69 Å². The molecule has 1 aliphatic rings. The van der Waals surface area contributed by atoms with E-state index < -0.39 is 0 Å². The van der Waals surface area contributed by atoms with E-state index in [9.17, 15) is 9.90 Å². The molecule has 2 rings (SSSR count). The molecule has 1 aromatic rings. The zero-order valence-corrected chi connectivity index (χ0v) is 10.1. The minimum absolute atomic E-state index is 0.0472. The first-order chi connectivity index (χ1) is 8.16. The van der Waals surface area contributed by atoms with Gasteiger partial charge in [0.2, 0.25) is 0 Å². The number of aryl methyl sites for hydroxylation is 1. The summed E-state index contributed by atoms with van der Waals surface area (Å²) in [6.45, 7) is 7.52. The molecule has 0 saturated carbocycles. The van der Waals surface area contributed by atoms with E-state index in [0.717, 1.165) is 38.4 Å². The van der Waals surface area contributed by atoms with E-state index in [1.807, 2.05) is 6.92 Å². The van der Waals surface area contributed by atoms with Crippen molar-refractivity contribution in [3.63, 3.8) is 0 Å². The molecule has 0 unspecified atom stereocenters. The molecule has 1 saturated heterocycles. The van der Waals surface area contributed by atoms with Gasteiger partial charge in [-0.15, -0.1) is 0 Å². The Morgan fingerprint density at radius 3 is 2.65 bits per heavy atom. The Labute approximate surface area is 101 Å². The number of aromatic nitrogens is 1. The van der Waals surface area contributed by atoms with Crippen molar-refractivity contribution in [3.05, 3.63) is 28.2 Å². The summed E-state index contributed by atoms with van der Waals surface area (Å²) < 4.78 is 1.71. The first kappa shape index (κ1) is 12.1. The summed E-state index contributed by atoms with van der Waals surface area (Å²) in [6.07, 6.45) is 0. The zero-order valence-electron chi connectivity index (χ0n) is 10.1. The van der Waals surface area contributed by atoms with Crippen LogP contribution >= 0.6 is 0 Å². The number of nitrogens with zero attached hydrogens (tertiary/aromatic N) is 2. The van der Waals surface area contributed by atoms with Gasteiger partial charge in [0.05, 0.1) is 0 Å². The number of hydrogen-bond acceptors (Lipinski definition) is 4. The summed E-state index contributed by atoms with van der Waals surface area (Å²) in [5, 5.41) is 12.6. The molecule has 1 aromatic heterocycles. The third-order valence-corrected chi connectivity index (χ3v) is 3.17. The Balaban J connectivity index is 2.01. The molecule has 1 fully saturated rings. The van der Waals surface area contributed by atoms with Gasteiger partial charge >= 0.3 is 0 Å². The van der Waals surface area contributed by atoms with Gasteiger partial charge in [0.15, 0.2) is 0 Å². The minimum atomic E-state index is -0.127. The van der Waals surface area contributed by atoms with E-state index in [1.54, 1.807) is 10.6 Å². The smallest absolute Gasteiger partial charge is 0.254 e. The molecule has 17 heavy (non-hydrogen) atoms. The van der Waals surface area contributed by atoms with Gasteiger partial charge in [-0.1, -0.05) is 0 Å². The quantitative estimate of drug-likeness (QED) is 0.762. The van der Waals surface area contributed by atoms with Gasteiger partial charge in [-0.2, -0.15) is 0 Å². The van der Waals surface area contributed by atoms with Gasteiger partial charge in [0, 0.05) is 51.0 Å². The summed E-state index contributed by atoms with van der Waals surface area (Å²) in [6, 6.07) is 2.89. The average molecular weight is 237 g/mol. The molecule has 1 aliphatic heterocycles. The lowest BCUT2D eigenvalue weighted by Gasteiger charge is -2.27. The predicted molar refractivity (Wildman–Crippen MR) is 66.4 cm³/mol. The number of pyridine rings is 1. The monoisotopic (exact) mass is 237 g/mol. The second kappa shape index (κ2) is 5.33. The van der Waals surface area contributed by atoms with Gasteiger partial charge in [-0.05, 0) is 13.0 Å². The Morgan fingerprint density at radius 1 is 1.29 bits per heavy atom. The van der Waals surface area contributed by atoms with Crippen molar-refractivity contribution in [2.45, 2.75) is 13.5 Å². The largest absolute Gasteiger partial charge is 0.508 e. The molecule has 2 N–H and O–H groups in total.